The van der Waals surface area contributed by atoms with Crippen molar-refractivity contribution in [3.63, 3.8) is 0 Å². The van der Waals surface area contributed by atoms with Crippen LogP contribution in [0.15, 0.2) is 0 Å². The summed E-state index contributed by atoms with van der Waals surface area (Å²) in [5.41, 5.74) is 0. The number of ether oxygens (including phenoxy) is 3. The van der Waals surface area contributed by atoms with Gasteiger partial charge in [0.05, 0.1) is 0 Å². The van der Waals surface area contributed by atoms with Crippen molar-refractivity contribution in [1.82, 2.24) is 0 Å². The quantitative estimate of drug-likeness (QED) is 0.0361. The van der Waals surface area contributed by atoms with Gasteiger partial charge in [0, 0.05) is 19.3 Å². The number of carbonyl (C=O) groups is 3. The molecule has 0 rings (SSSR count). The Bertz CT molecular complexity index is 764. The molecular weight excluding hydrogens is 624 g/mol. The predicted molar refractivity (Wildman–Crippen MR) is 210 cm³/mol. The fourth-order valence-electron chi connectivity index (χ4n) is 6.40. The molecule has 50 heavy (non-hydrogen) atoms. The van der Waals surface area contributed by atoms with Crippen molar-refractivity contribution in [2.45, 2.75) is 240 Å². The molecule has 6 nitrogen and oxygen atoms in total. The average Bonchev–Trinajstić information content (AvgIpc) is 3.08. The standard InChI is InChI=1S/C44H84O6/c1-6-7-8-22-31-36-44(47)50-41(38-49-43(46)35-30-26-21-20-24-28-33-40(4)5)37-48-42(45)34-29-25-19-17-15-13-11-9-10-12-14-16-18-23-27-32-39(2)3/h39-41H,6-38H2,1-5H3/t41-/m1/s1. The van der Waals surface area contributed by atoms with Crippen molar-refractivity contribution in [3.8, 4) is 0 Å². The highest BCUT2D eigenvalue weighted by Crippen LogP contribution is 2.16. The third-order valence-corrected chi connectivity index (χ3v) is 9.72. The van der Waals surface area contributed by atoms with Gasteiger partial charge in [-0.15, -0.1) is 0 Å². The fraction of sp³-hybridized carbons (Fsp3) is 0.932. The van der Waals surface area contributed by atoms with Crippen LogP contribution in [0.2, 0.25) is 0 Å². The van der Waals surface area contributed by atoms with Gasteiger partial charge in [-0.3, -0.25) is 14.4 Å². The Labute approximate surface area is 310 Å². The number of esters is 3. The van der Waals surface area contributed by atoms with E-state index in [0.717, 1.165) is 76.0 Å². The zero-order valence-electron chi connectivity index (χ0n) is 34.0. The summed E-state index contributed by atoms with van der Waals surface area (Å²) < 4.78 is 16.5. The Hall–Kier alpha value is -1.59. The van der Waals surface area contributed by atoms with Crippen LogP contribution in [0.4, 0.5) is 0 Å². The first kappa shape index (κ1) is 48.4. The van der Waals surface area contributed by atoms with Gasteiger partial charge < -0.3 is 14.2 Å². The number of hydrogen-bond donors (Lipinski definition) is 0. The van der Waals surface area contributed by atoms with Gasteiger partial charge >= 0.3 is 17.9 Å². The highest BCUT2D eigenvalue weighted by Gasteiger charge is 2.19. The van der Waals surface area contributed by atoms with Gasteiger partial charge in [-0.2, -0.15) is 0 Å². The van der Waals surface area contributed by atoms with Crippen LogP contribution in [-0.2, 0) is 28.6 Å². The highest BCUT2D eigenvalue weighted by atomic mass is 16.6. The molecule has 0 N–H and O–H groups in total. The van der Waals surface area contributed by atoms with Gasteiger partial charge in [0.1, 0.15) is 13.2 Å². The predicted octanol–water partition coefficient (Wildman–Crippen LogP) is 13.4. The molecule has 0 heterocycles. The van der Waals surface area contributed by atoms with E-state index in [0.29, 0.717) is 19.3 Å². The van der Waals surface area contributed by atoms with Crippen LogP contribution in [0.5, 0.6) is 0 Å². The molecular formula is C44H84O6. The van der Waals surface area contributed by atoms with Gasteiger partial charge in [0.15, 0.2) is 6.10 Å². The molecule has 6 heteroatoms. The number of hydrogen-bond acceptors (Lipinski definition) is 6. The molecule has 0 saturated carbocycles. The lowest BCUT2D eigenvalue weighted by Crippen LogP contribution is -2.30. The average molecular weight is 709 g/mol. The lowest BCUT2D eigenvalue weighted by molar-refractivity contribution is -0.167. The lowest BCUT2D eigenvalue weighted by Gasteiger charge is -2.18. The van der Waals surface area contributed by atoms with Crippen LogP contribution in [0.25, 0.3) is 0 Å². The monoisotopic (exact) mass is 709 g/mol. The molecule has 0 unspecified atom stereocenters. The molecule has 0 bridgehead atoms. The first-order chi connectivity index (χ1) is 24.2. The van der Waals surface area contributed by atoms with E-state index in [1.54, 1.807) is 0 Å². The third kappa shape index (κ3) is 37.7. The summed E-state index contributed by atoms with van der Waals surface area (Å²) in [4.78, 5) is 37.3. The number of carbonyl (C=O) groups excluding carboxylic acids is 3. The molecule has 0 radical (unpaired) electrons. The highest BCUT2D eigenvalue weighted by molar-refractivity contribution is 5.71. The zero-order valence-corrected chi connectivity index (χ0v) is 34.0. The smallest absolute Gasteiger partial charge is 0.306 e. The SMILES string of the molecule is CCCCCCCC(=O)O[C@H](COC(=O)CCCCCCCCCCCCCCCCCC(C)C)COC(=O)CCCCCCCCC(C)C. The van der Waals surface area contributed by atoms with Crippen molar-refractivity contribution in [2.75, 3.05) is 13.2 Å². The van der Waals surface area contributed by atoms with Crippen LogP contribution >= 0.6 is 0 Å². The Morgan fingerprint density at radius 1 is 0.380 bits per heavy atom. The topological polar surface area (TPSA) is 78.9 Å². The first-order valence-electron chi connectivity index (χ1n) is 21.7. The van der Waals surface area contributed by atoms with Crippen LogP contribution in [0.1, 0.15) is 234 Å². The van der Waals surface area contributed by atoms with Crippen LogP contribution in [0.3, 0.4) is 0 Å². The molecule has 0 aromatic carbocycles. The zero-order chi connectivity index (χ0) is 36.9. The number of unbranched alkanes of at least 4 members (excludes halogenated alkanes) is 23. The van der Waals surface area contributed by atoms with E-state index in [9.17, 15) is 14.4 Å². The minimum atomic E-state index is -0.758. The van der Waals surface area contributed by atoms with Crippen molar-refractivity contribution in [1.29, 1.82) is 0 Å². The second kappa shape index (κ2) is 37.2. The summed E-state index contributed by atoms with van der Waals surface area (Å²) in [7, 11) is 0. The van der Waals surface area contributed by atoms with E-state index in [4.69, 9.17) is 14.2 Å². The number of rotatable bonds is 38. The summed E-state index contributed by atoms with van der Waals surface area (Å²) in [5, 5.41) is 0. The molecule has 0 aromatic rings. The first-order valence-corrected chi connectivity index (χ1v) is 21.7. The van der Waals surface area contributed by atoms with Crippen molar-refractivity contribution < 1.29 is 28.6 Å². The molecule has 1 atom stereocenters. The van der Waals surface area contributed by atoms with E-state index in [-0.39, 0.29) is 31.1 Å². The van der Waals surface area contributed by atoms with E-state index < -0.39 is 6.10 Å². The molecule has 0 aliphatic heterocycles. The van der Waals surface area contributed by atoms with Crippen molar-refractivity contribution >= 4 is 17.9 Å². The Morgan fingerprint density at radius 2 is 0.660 bits per heavy atom. The van der Waals surface area contributed by atoms with Crippen LogP contribution in [-0.4, -0.2) is 37.2 Å². The van der Waals surface area contributed by atoms with Gasteiger partial charge in [-0.1, -0.05) is 195 Å². The maximum absolute atomic E-state index is 12.5. The fourth-order valence-corrected chi connectivity index (χ4v) is 6.40. The molecule has 0 spiro atoms. The Balaban J connectivity index is 4.09. The van der Waals surface area contributed by atoms with E-state index in [1.165, 1.54) is 116 Å². The Kier molecular flexibility index (Phi) is 36.0. The molecule has 0 aliphatic carbocycles. The van der Waals surface area contributed by atoms with Gasteiger partial charge in [-0.25, -0.2) is 0 Å². The van der Waals surface area contributed by atoms with Gasteiger partial charge in [0.2, 0.25) is 0 Å². The van der Waals surface area contributed by atoms with Crippen LogP contribution < -0.4 is 0 Å². The molecule has 0 amide bonds. The molecule has 0 fully saturated rings. The summed E-state index contributed by atoms with van der Waals surface area (Å²) in [5.74, 6) is 0.734. The van der Waals surface area contributed by atoms with E-state index in [1.807, 2.05) is 0 Å². The van der Waals surface area contributed by atoms with Gasteiger partial charge in [-0.05, 0) is 31.1 Å². The second-order valence-corrected chi connectivity index (χ2v) is 15.9. The molecule has 0 aliphatic rings. The largest absolute Gasteiger partial charge is 0.462 e. The minimum Gasteiger partial charge on any atom is -0.462 e. The third-order valence-electron chi connectivity index (χ3n) is 9.72. The Morgan fingerprint density at radius 3 is 0.980 bits per heavy atom. The molecule has 296 valence electrons. The van der Waals surface area contributed by atoms with Crippen molar-refractivity contribution in [2.24, 2.45) is 11.8 Å². The molecule has 0 aromatic heterocycles. The minimum absolute atomic E-state index is 0.0671. The maximum atomic E-state index is 12.5. The van der Waals surface area contributed by atoms with Crippen LogP contribution in [0, 0.1) is 11.8 Å². The van der Waals surface area contributed by atoms with E-state index >= 15 is 0 Å². The molecule has 0 saturated heterocycles. The van der Waals surface area contributed by atoms with Crippen molar-refractivity contribution in [3.05, 3.63) is 0 Å². The maximum Gasteiger partial charge on any atom is 0.306 e. The van der Waals surface area contributed by atoms with E-state index in [2.05, 4.69) is 34.6 Å². The summed E-state index contributed by atoms with van der Waals surface area (Å²) in [6.45, 7) is 11.2. The normalized spacial score (nSPS) is 12.1. The lowest BCUT2D eigenvalue weighted by atomic mass is 10.0. The second-order valence-electron chi connectivity index (χ2n) is 15.9. The summed E-state index contributed by atoms with van der Waals surface area (Å²) in [6.07, 6.45) is 34.2. The summed E-state index contributed by atoms with van der Waals surface area (Å²) in [6, 6.07) is 0. The van der Waals surface area contributed by atoms with Gasteiger partial charge in [0.25, 0.3) is 0 Å². The summed E-state index contributed by atoms with van der Waals surface area (Å²) >= 11 is 0.